The van der Waals surface area contributed by atoms with E-state index >= 15 is 0 Å². The second-order valence-electron chi connectivity index (χ2n) is 6.87. The summed E-state index contributed by atoms with van der Waals surface area (Å²) in [5, 5.41) is 7.60. The van der Waals surface area contributed by atoms with E-state index in [0.717, 1.165) is 0 Å². The van der Waals surface area contributed by atoms with Crippen LogP contribution in [0.2, 0.25) is 0 Å². The Kier molecular flexibility index (Phi) is 6.57. The quantitative estimate of drug-likeness (QED) is 0.771. The van der Waals surface area contributed by atoms with Crippen molar-refractivity contribution in [1.82, 2.24) is 10.6 Å². The average Bonchev–Trinajstić information content (AvgIpc) is 2.39. The highest BCUT2D eigenvalue weighted by Crippen LogP contribution is 2.21. The van der Waals surface area contributed by atoms with Gasteiger partial charge in [-0.1, -0.05) is 0 Å². The van der Waals surface area contributed by atoms with E-state index in [1.54, 1.807) is 13.0 Å². The minimum absolute atomic E-state index is 0.00651. The highest BCUT2D eigenvalue weighted by atomic mass is 19.1. The van der Waals surface area contributed by atoms with Crippen LogP contribution >= 0.6 is 0 Å². The Bertz CT molecular complexity index is 597. The van der Waals surface area contributed by atoms with Crippen LogP contribution in [0.15, 0.2) is 18.2 Å². The molecule has 0 heterocycles. The van der Waals surface area contributed by atoms with Crippen molar-refractivity contribution >= 4 is 17.6 Å². The molecule has 3 N–H and O–H groups in total. The first-order valence-electron chi connectivity index (χ1n) is 7.83. The zero-order chi connectivity index (χ0) is 18.5. The summed E-state index contributed by atoms with van der Waals surface area (Å²) < 4.78 is 19.4. The summed E-state index contributed by atoms with van der Waals surface area (Å²) in [4.78, 5) is 23.8. The Morgan fingerprint density at radius 1 is 1.17 bits per heavy atom. The molecule has 0 spiro atoms. The smallest absolute Gasteiger partial charge is 0.319 e. The van der Waals surface area contributed by atoms with Crippen LogP contribution in [0.1, 0.15) is 41.5 Å². The summed E-state index contributed by atoms with van der Waals surface area (Å²) in [7, 11) is 0. The number of hydrogen-bond donors (Lipinski definition) is 3. The zero-order valence-electron chi connectivity index (χ0n) is 15.0. The number of carbonyl (C=O) groups excluding carboxylic acids is 2. The first-order valence-corrected chi connectivity index (χ1v) is 7.83. The molecule has 0 fully saturated rings. The van der Waals surface area contributed by atoms with E-state index in [2.05, 4.69) is 16.0 Å². The first-order chi connectivity index (χ1) is 11.0. The Morgan fingerprint density at radius 2 is 1.79 bits per heavy atom. The number of hydrogen-bond acceptors (Lipinski definition) is 3. The summed E-state index contributed by atoms with van der Waals surface area (Å²) in [6, 6.07) is 2.76. The van der Waals surface area contributed by atoms with Crippen molar-refractivity contribution < 1.29 is 18.7 Å². The van der Waals surface area contributed by atoms with Crippen LogP contribution in [-0.4, -0.2) is 29.6 Å². The average molecular weight is 339 g/mol. The lowest BCUT2D eigenvalue weighted by Crippen LogP contribution is -2.51. The molecule has 1 aromatic carbocycles. The van der Waals surface area contributed by atoms with E-state index in [1.165, 1.54) is 12.1 Å². The van der Waals surface area contributed by atoms with Crippen molar-refractivity contribution in [2.75, 3.05) is 5.32 Å². The number of amides is 3. The Hall–Kier alpha value is -2.31. The number of ether oxygens (including phenoxy) is 1. The Morgan fingerprint density at radius 3 is 2.29 bits per heavy atom. The lowest BCUT2D eigenvalue weighted by atomic mass is 10.1. The van der Waals surface area contributed by atoms with Crippen molar-refractivity contribution in [3.8, 4) is 5.75 Å². The van der Waals surface area contributed by atoms with Crippen molar-refractivity contribution in [3.63, 3.8) is 0 Å². The van der Waals surface area contributed by atoms with Gasteiger partial charge in [0.15, 0.2) is 0 Å². The van der Waals surface area contributed by atoms with Gasteiger partial charge in [-0.25, -0.2) is 9.18 Å². The molecule has 0 saturated heterocycles. The number of carbonyl (C=O) groups is 2. The van der Waals surface area contributed by atoms with Gasteiger partial charge in [0.25, 0.3) is 0 Å². The van der Waals surface area contributed by atoms with Crippen molar-refractivity contribution in [2.24, 2.45) is 0 Å². The van der Waals surface area contributed by atoms with Crippen LogP contribution in [0.3, 0.4) is 0 Å². The van der Waals surface area contributed by atoms with E-state index in [-0.39, 0.29) is 17.7 Å². The lowest BCUT2D eigenvalue weighted by molar-refractivity contribution is -0.123. The number of rotatable bonds is 5. The molecule has 0 aliphatic rings. The summed E-state index contributed by atoms with van der Waals surface area (Å²) in [6.07, 6.45) is -0.0753. The van der Waals surface area contributed by atoms with Gasteiger partial charge in [-0.3, -0.25) is 4.79 Å². The molecule has 0 bridgehead atoms. The monoisotopic (exact) mass is 339 g/mol. The zero-order valence-corrected chi connectivity index (χ0v) is 15.0. The molecule has 7 heteroatoms. The fourth-order valence-corrected chi connectivity index (χ4v) is 1.84. The molecule has 1 aromatic rings. The largest absolute Gasteiger partial charge is 0.491 e. The second-order valence-corrected chi connectivity index (χ2v) is 6.87. The molecule has 0 unspecified atom stereocenters. The minimum Gasteiger partial charge on any atom is -0.491 e. The van der Waals surface area contributed by atoms with E-state index in [4.69, 9.17) is 4.74 Å². The maximum atomic E-state index is 14.0. The number of benzene rings is 1. The normalized spacial score (nSPS) is 12.5. The van der Waals surface area contributed by atoms with E-state index in [9.17, 15) is 14.0 Å². The first kappa shape index (κ1) is 19.7. The number of nitrogens with one attached hydrogen (secondary N) is 3. The molecule has 24 heavy (non-hydrogen) atoms. The lowest BCUT2D eigenvalue weighted by Gasteiger charge is -2.23. The van der Waals surface area contributed by atoms with Crippen LogP contribution in [0.25, 0.3) is 0 Å². The van der Waals surface area contributed by atoms with Crippen LogP contribution in [0, 0.1) is 5.82 Å². The maximum Gasteiger partial charge on any atom is 0.319 e. The highest BCUT2D eigenvalue weighted by Gasteiger charge is 2.21. The maximum absolute atomic E-state index is 14.0. The highest BCUT2D eigenvalue weighted by molar-refractivity contribution is 5.93. The van der Waals surface area contributed by atoms with Crippen LogP contribution in [0.5, 0.6) is 5.75 Å². The number of urea groups is 1. The summed E-state index contributed by atoms with van der Waals surface area (Å²) in [6.45, 7) is 10.7. The van der Waals surface area contributed by atoms with E-state index in [0.29, 0.717) is 5.75 Å². The molecule has 0 radical (unpaired) electrons. The standard InChI is InChI=1S/C17H26FN3O3/c1-10(2)24-12-7-8-14(13(18)9-12)20-16(23)19-11(3)15(22)21-17(4,5)6/h7-11H,1-6H3,(H,21,22)(H2,19,20,23)/t11-/m1/s1. The van der Waals surface area contributed by atoms with Gasteiger partial charge in [0.2, 0.25) is 5.91 Å². The number of anilines is 1. The molecule has 1 rings (SSSR count). The van der Waals surface area contributed by atoms with Gasteiger partial charge in [0, 0.05) is 11.6 Å². The van der Waals surface area contributed by atoms with Gasteiger partial charge >= 0.3 is 6.03 Å². The van der Waals surface area contributed by atoms with Crippen molar-refractivity contribution in [1.29, 1.82) is 0 Å². The molecular formula is C17H26FN3O3. The van der Waals surface area contributed by atoms with Crippen LogP contribution < -0.4 is 20.7 Å². The third-order valence-electron chi connectivity index (χ3n) is 2.80. The number of halogens is 1. The van der Waals surface area contributed by atoms with Gasteiger partial charge in [-0.15, -0.1) is 0 Å². The van der Waals surface area contributed by atoms with Crippen molar-refractivity contribution in [3.05, 3.63) is 24.0 Å². The molecular weight excluding hydrogens is 313 g/mol. The minimum atomic E-state index is -0.754. The van der Waals surface area contributed by atoms with Gasteiger partial charge in [-0.05, 0) is 53.7 Å². The molecule has 6 nitrogen and oxygen atoms in total. The van der Waals surface area contributed by atoms with Gasteiger partial charge in [0.05, 0.1) is 11.8 Å². The van der Waals surface area contributed by atoms with E-state index < -0.39 is 23.4 Å². The van der Waals surface area contributed by atoms with Crippen molar-refractivity contribution in [2.45, 2.75) is 59.2 Å². The molecule has 0 saturated carbocycles. The molecule has 1 atom stereocenters. The van der Waals surface area contributed by atoms with Crippen LogP contribution in [0.4, 0.5) is 14.9 Å². The van der Waals surface area contributed by atoms with Crippen LogP contribution in [-0.2, 0) is 4.79 Å². The second kappa shape index (κ2) is 7.99. The fourth-order valence-electron chi connectivity index (χ4n) is 1.84. The summed E-state index contributed by atoms with van der Waals surface area (Å²) in [5.41, 5.74) is -0.394. The predicted molar refractivity (Wildman–Crippen MR) is 91.7 cm³/mol. The predicted octanol–water partition coefficient (Wildman–Crippen LogP) is 3.04. The SMILES string of the molecule is CC(C)Oc1ccc(NC(=O)N[C@H](C)C(=O)NC(C)(C)C)c(F)c1. The summed E-state index contributed by atoms with van der Waals surface area (Å²) in [5.74, 6) is -0.555. The van der Waals surface area contributed by atoms with Gasteiger partial charge in [-0.2, -0.15) is 0 Å². The van der Waals surface area contributed by atoms with Gasteiger partial charge in [0.1, 0.15) is 17.6 Å². The molecule has 0 aliphatic heterocycles. The third kappa shape index (κ3) is 6.85. The van der Waals surface area contributed by atoms with Gasteiger partial charge < -0.3 is 20.7 Å². The Labute approximate surface area is 142 Å². The summed E-state index contributed by atoms with van der Waals surface area (Å²) >= 11 is 0. The Balaban J connectivity index is 2.63. The molecule has 0 aliphatic carbocycles. The fraction of sp³-hybridized carbons (Fsp3) is 0.529. The molecule has 134 valence electrons. The molecule has 3 amide bonds. The third-order valence-corrected chi connectivity index (χ3v) is 2.80. The topological polar surface area (TPSA) is 79.5 Å². The molecule has 0 aromatic heterocycles. The van der Waals surface area contributed by atoms with E-state index in [1.807, 2.05) is 34.6 Å².